The first-order chi connectivity index (χ1) is 11.3. The van der Waals surface area contributed by atoms with Crippen LogP contribution in [0.5, 0.6) is 0 Å². The minimum atomic E-state index is 0.720. The van der Waals surface area contributed by atoms with Gasteiger partial charge in [0, 0.05) is 23.3 Å². The lowest BCUT2D eigenvalue weighted by Gasteiger charge is -2.13. The number of hydrogen-bond acceptors (Lipinski definition) is 4. The first-order valence-corrected chi connectivity index (χ1v) is 8.44. The Bertz CT molecular complexity index is 667. The number of hydrogen-bond donors (Lipinski definition) is 2. The third kappa shape index (κ3) is 4.96. The average molecular weight is 329 g/mol. The Morgan fingerprint density at radius 1 is 1.04 bits per heavy atom. The second-order valence-electron chi connectivity index (χ2n) is 5.71. The molecule has 120 valence electrons. The summed E-state index contributed by atoms with van der Waals surface area (Å²) in [7, 11) is 0. The SMILES string of the molecule is Clc1ccc(Nc2cc(NCCC3=CCCCC3)ncn2)cc1. The molecule has 23 heavy (non-hydrogen) atoms. The zero-order chi connectivity index (χ0) is 15.9. The molecule has 1 aliphatic carbocycles. The van der Waals surface area contributed by atoms with Crippen LogP contribution in [-0.4, -0.2) is 16.5 Å². The third-order valence-corrected chi connectivity index (χ3v) is 4.17. The topological polar surface area (TPSA) is 49.8 Å². The van der Waals surface area contributed by atoms with Gasteiger partial charge in [-0.1, -0.05) is 23.3 Å². The van der Waals surface area contributed by atoms with E-state index >= 15 is 0 Å². The van der Waals surface area contributed by atoms with Crippen molar-refractivity contribution < 1.29 is 0 Å². The zero-order valence-electron chi connectivity index (χ0n) is 13.1. The maximum atomic E-state index is 5.89. The number of nitrogens with one attached hydrogen (secondary N) is 2. The highest BCUT2D eigenvalue weighted by atomic mass is 35.5. The van der Waals surface area contributed by atoms with Gasteiger partial charge in [0.05, 0.1) is 0 Å². The van der Waals surface area contributed by atoms with E-state index in [-0.39, 0.29) is 0 Å². The van der Waals surface area contributed by atoms with Gasteiger partial charge in [-0.2, -0.15) is 0 Å². The molecule has 3 rings (SSSR count). The fourth-order valence-corrected chi connectivity index (χ4v) is 2.81. The van der Waals surface area contributed by atoms with E-state index in [1.807, 2.05) is 30.3 Å². The molecule has 0 atom stereocenters. The fourth-order valence-electron chi connectivity index (χ4n) is 2.69. The summed E-state index contributed by atoms with van der Waals surface area (Å²) in [6, 6.07) is 9.47. The number of aromatic nitrogens is 2. The quantitative estimate of drug-likeness (QED) is 0.718. The van der Waals surface area contributed by atoms with Gasteiger partial charge in [-0.15, -0.1) is 0 Å². The Hall–Kier alpha value is -2.07. The standard InChI is InChI=1S/C18H21ClN4/c19-15-6-8-16(9-7-15)23-18-12-17(21-13-22-18)20-11-10-14-4-2-1-3-5-14/h4,6-9,12-13H,1-3,5,10-11H2,(H2,20,21,22,23). The molecule has 0 radical (unpaired) electrons. The van der Waals surface area contributed by atoms with Gasteiger partial charge in [0.25, 0.3) is 0 Å². The van der Waals surface area contributed by atoms with E-state index in [2.05, 4.69) is 26.7 Å². The summed E-state index contributed by atoms with van der Waals surface area (Å²) < 4.78 is 0. The Morgan fingerprint density at radius 3 is 2.65 bits per heavy atom. The highest BCUT2D eigenvalue weighted by Crippen LogP contribution is 2.21. The molecule has 0 unspecified atom stereocenters. The first kappa shape index (κ1) is 15.8. The molecular weight excluding hydrogens is 308 g/mol. The molecule has 0 amide bonds. The first-order valence-electron chi connectivity index (χ1n) is 8.06. The van der Waals surface area contributed by atoms with Crippen LogP contribution in [0.15, 0.2) is 48.3 Å². The Kier molecular flexibility index (Phi) is 5.48. The largest absolute Gasteiger partial charge is 0.370 e. The smallest absolute Gasteiger partial charge is 0.135 e. The van der Waals surface area contributed by atoms with Crippen LogP contribution in [0.2, 0.25) is 5.02 Å². The van der Waals surface area contributed by atoms with Gasteiger partial charge in [0.15, 0.2) is 0 Å². The summed E-state index contributed by atoms with van der Waals surface area (Å²) in [5, 5.41) is 7.34. The van der Waals surface area contributed by atoms with Gasteiger partial charge in [-0.3, -0.25) is 0 Å². The van der Waals surface area contributed by atoms with Crippen LogP contribution in [0, 0.1) is 0 Å². The van der Waals surface area contributed by atoms with Crippen molar-refractivity contribution in [3.63, 3.8) is 0 Å². The van der Waals surface area contributed by atoms with Crippen molar-refractivity contribution in [3.8, 4) is 0 Å². The lowest BCUT2D eigenvalue weighted by atomic mass is 9.97. The molecule has 0 aliphatic heterocycles. The minimum absolute atomic E-state index is 0.720. The number of anilines is 3. The molecule has 0 fully saturated rings. The van der Waals surface area contributed by atoms with Gasteiger partial charge in [-0.25, -0.2) is 9.97 Å². The minimum Gasteiger partial charge on any atom is -0.370 e. The maximum absolute atomic E-state index is 5.89. The van der Waals surface area contributed by atoms with E-state index in [0.717, 1.165) is 35.3 Å². The van der Waals surface area contributed by atoms with Gasteiger partial charge < -0.3 is 10.6 Å². The Labute approximate surface area is 142 Å². The van der Waals surface area contributed by atoms with Crippen molar-refractivity contribution in [3.05, 3.63) is 53.3 Å². The van der Waals surface area contributed by atoms with Crippen molar-refractivity contribution in [1.82, 2.24) is 9.97 Å². The summed E-state index contributed by atoms with van der Waals surface area (Å²) >= 11 is 5.89. The van der Waals surface area contributed by atoms with Crippen LogP contribution >= 0.6 is 11.6 Å². The molecule has 1 aromatic heterocycles. The van der Waals surface area contributed by atoms with Crippen LogP contribution in [0.3, 0.4) is 0 Å². The van der Waals surface area contributed by atoms with Crippen LogP contribution in [0.1, 0.15) is 32.1 Å². The number of rotatable bonds is 6. The fraction of sp³-hybridized carbons (Fsp3) is 0.333. The lowest BCUT2D eigenvalue weighted by molar-refractivity contribution is 0.679. The molecule has 2 aromatic rings. The molecule has 0 saturated heterocycles. The van der Waals surface area contributed by atoms with Crippen molar-refractivity contribution in [2.75, 3.05) is 17.2 Å². The second kappa shape index (κ2) is 7.97. The highest BCUT2D eigenvalue weighted by molar-refractivity contribution is 6.30. The van der Waals surface area contributed by atoms with Crippen LogP contribution in [-0.2, 0) is 0 Å². The van der Waals surface area contributed by atoms with E-state index < -0.39 is 0 Å². The summed E-state index contributed by atoms with van der Waals surface area (Å²) in [6.07, 6.45) is 10.2. The molecule has 4 nitrogen and oxygen atoms in total. The molecule has 0 bridgehead atoms. The molecule has 1 aromatic carbocycles. The monoisotopic (exact) mass is 328 g/mol. The molecule has 0 saturated carbocycles. The summed E-state index contributed by atoms with van der Waals surface area (Å²) in [5.74, 6) is 1.61. The Balaban J connectivity index is 1.54. The highest BCUT2D eigenvalue weighted by Gasteiger charge is 2.04. The van der Waals surface area contributed by atoms with Gasteiger partial charge in [0.2, 0.25) is 0 Å². The van der Waals surface area contributed by atoms with E-state index in [9.17, 15) is 0 Å². The maximum Gasteiger partial charge on any atom is 0.135 e. The predicted octanol–water partition coefficient (Wildman–Crippen LogP) is 5.18. The molecule has 1 aliphatic rings. The molecule has 0 spiro atoms. The predicted molar refractivity (Wildman–Crippen MR) is 96.4 cm³/mol. The number of allylic oxidation sites excluding steroid dienone is 1. The van der Waals surface area contributed by atoms with Crippen LogP contribution in [0.4, 0.5) is 17.3 Å². The average Bonchev–Trinajstić information content (AvgIpc) is 2.58. The van der Waals surface area contributed by atoms with Crippen molar-refractivity contribution in [1.29, 1.82) is 0 Å². The number of halogens is 1. The molecule has 1 heterocycles. The normalized spacial score (nSPS) is 14.2. The molecular formula is C18H21ClN4. The lowest BCUT2D eigenvalue weighted by Crippen LogP contribution is -2.06. The van der Waals surface area contributed by atoms with Gasteiger partial charge >= 0.3 is 0 Å². The number of benzene rings is 1. The van der Waals surface area contributed by atoms with E-state index in [1.165, 1.54) is 25.7 Å². The third-order valence-electron chi connectivity index (χ3n) is 3.92. The number of nitrogens with zero attached hydrogens (tertiary/aromatic N) is 2. The van der Waals surface area contributed by atoms with E-state index in [4.69, 9.17) is 11.6 Å². The second-order valence-corrected chi connectivity index (χ2v) is 6.14. The van der Waals surface area contributed by atoms with Crippen molar-refractivity contribution in [2.24, 2.45) is 0 Å². The van der Waals surface area contributed by atoms with Crippen LogP contribution in [0.25, 0.3) is 0 Å². The summed E-state index contributed by atoms with van der Waals surface area (Å²) in [6.45, 7) is 0.906. The molecule has 5 heteroatoms. The van der Waals surface area contributed by atoms with Gasteiger partial charge in [-0.05, 0) is 56.4 Å². The van der Waals surface area contributed by atoms with E-state index in [1.54, 1.807) is 11.9 Å². The zero-order valence-corrected chi connectivity index (χ0v) is 13.8. The summed E-state index contributed by atoms with van der Waals surface area (Å²) in [4.78, 5) is 8.52. The van der Waals surface area contributed by atoms with E-state index in [0.29, 0.717) is 0 Å². The van der Waals surface area contributed by atoms with Crippen molar-refractivity contribution in [2.45, 2.75) is 32.1 Å². The summed E-state index contributed by atoms with van der Waals surface area (Å²) in [5.41, 5.74) is 2.52. The van der Waals surface area contributed by atoms with Gasteiger partial charge in [0.1, 0.15) is 18.0 Å². The Morgan fingerprint density at radius 2 is 1.87 bits per heavy atom. The van der Waals surface area contributed by atoms with Crippen LogP contribution < -0.4 is 10.6 Å². The van der Waals surface area contributed by atoms with Crippen molar-refractivity contribution >= 4 is 28.9 Å². The molecule has 2 N–H and O–H groups in total.